The summed E-state index contributed by atoms with van der Waals surface area (Å²) in [5.41, 5.74) is 17.6. The summed E-state index contributed by atoms with van der Waals surface area (Å²) in [5, 5.41) is 13.6. The molecular formula is C108H70N12. The maximum atomic E-state index is 5.07. The fourth-order valence-electron chi connectivity index (χ4n) is 16.2. The van der Waals surface area contributed by atoms with Gasteiger partial charge in [-0.25, -0.2) is 44.9 Å². The van der Waals surface area contributed by atoms with E-state index in [1.165, 1.54) is 32.7 Å². The molecular weight excluding hydrogens is 1470 g/mol. The van der Waals surface area contributed by atoms with Crippen molar-refractivity contribution in [2.24, 2.45) is 0 Å². The van der Waals surface area contributed by atoms with Crippen molar-refractivity contribution in [2.75, 3.05) is 0 Å². The van der Waals surface area contributed by atoms with Gasteiger partial charge in [-0.05, 0) is 129 Å². The highest BCUT2D eigenvalue weighted by Gasteiger charge is 2.25. The molecule has 562 valence electrons. The van der Waals surface area contributed by atoms with E-state index in [0.717, 1.165) is 127 Å². The average Bonchev–Trinajstić information content (AvgIpc) is 0.741. The molecule has 0 unspecified atom stereocenters. The molecule has 6 aromatic heterocycles. The topological polar surface area (TPSA) is 155 Å². The zero-order chi connectivity index (χ0) is 79.9. The maximum absolute atomic E-state index is 5.07. The molecule has 16 aromatic carbocycles. The molecule has 0 aliphatic carbocycles. The van der Waals surface area contributed by atoms with Crippen molar-refractivity contribution >= 4 is 64.6 Å². The predicted octanol–water partition coefficient (Wildman–Crippen LogP) is 26.4. The fourth-order valence-corrected chi connectivity index (χ4v) is 16.2. The highest BCUT2D eigenvalue weighted by atomic mass is 15.1. The van der Waals surface area contributed by atoms with Crippen molar-refractivity contribution in [1.29, 1.82) is 0 Å². The number of rotatable bonds is 13. The second kappa shape index (κ2) is 32.8. The molecule has 0 saturated heterocycles. The van der Waals surface area contributed by atoms with Gasteiger partial charge in [-0.1, -0.05) is 358 Å². The Morgan fingerprint density at radius 2 is 0.383 bits per heavy atom. The Bertz CT molecular complexity index is 6860. The summed E-state index contributed by atoms with van der Waals surface area (Å²) in [6, 6.07) is 135. The second-order valence-corrected chi connectivity index (χ2v) is 28.9. The molecule has 0 bridgehead atoms. The standard InChI is InChI=1S/C40H26N4.2C34H22N4/c1-3-12-28(13-4-1)38-42-39(29-14-5-2-6-15-29)44-40(43-38)31-17-11-16-30(26-31)37-34-20-9-7-18-32(34)36(27-22-24-41-25-23-27)33-19-8-10-21-35(33)37;1-3-13-23(14-4-1)32-36-33(24-15-5-2-6-16-24)38-34(37-32)31-27-19-9-7-17-25(27)30(29-21-11-12-22-35-29)26-18-8-10-20-28(26)31;1-3-12-23(13-4-1)32-36-33(24-14-5-2-6-15-24)38-34(37-32)31-28-19-9-7-17-26(28)30(25-16-11-21-35-22-25)27-18-8-10-20-29(27)31/h1-26H;2*1-22H. The third kappa shape index (κ3) is 14.3. The van der Waals surface area contributed by atoms with Gasteiger partial charge in [0.2, 0.25) is 0 Å². The van der Waals surface area contributed by atoms with Gasteiger partial charge in [0.05, 0.1) is 5.69 Å². The smallest absolute Gasteiger partial charge is 0.165 e. The van der Waals surface area contributed by atoms with Crippen molar-refractivity contribution in [2.45, 2.75) is 0 Å². The second-order valence-electron chi connectivity index (χ2n) is 28.9. The molecule has 0 amide bonds. The quantitative estimate of drug-likeness (QED) is 0.101. The molecule has 22 rings (SSSR count). The SMILES string of the molecule is c1ccc(-c2nc(-c3ccccc3)nc(-c3c4ccccc4c(-c4ccccn4)c4ccccc34)n2)cc1.c1ccc(-c2nc(-c3ccccc3)nc(-c3c4ccccc4c(-c4cccnc4)c4ccccc34)n2)cc1.c1ccc(-c2nc(-c3ccccc3)nc(-c3cccc(-c4c5ccccc5c(-c5ccncc5)c5ccccc45)c3)n2)cc1. The van der Waals surface area contributed by atoms with Gasteiger partial charge in [-0.3, -0.25) is 15.0 Å². The van der Waals surface area contributed by atoms with E-state index in [2.05, 4.69) is 204 Å². The first-order chi connectivity index (χ1) is 59.6. The highest BCUT2D eigenvalue weighted by molar-refractivity contribution is 6.24. The van der Waals surface area contributed by atoms with Crippen LogP contribution in [0.3, 0.4) is 0 Å². The van der Waals surface area contributed by atoms with Gasteiger partial charge in [0, 0.05) is 92.2 Å². The van der Waals surface area contributed by atoms with Crippen molar-refractivity contribution < 1.29 is 0 Å². The van der Waals surface area contributed by atoms with Gasteiger partial charge in [0.1, 0.15) is 0 Å². The van der Waals surface area contributed by atoms with Crippen LogP contribution < -0.4 is 0 Å². The lowest BCUT2D eigenvalue weighted by Crippen LogP contribution is -2.01. The monoisotopic (exact) mass is 1530 g/mol. The Hall–Kier alpha value is -16.4. The van der Waals surface area contributed by atoms with Crippen molar-refractivity contribution in [3.05, 3.63) is 425 Å². The molecule has 0 fully saturated rings. The van der Waals surface area contributed by atoms with E-state index in [0.29, 0.717) is 52.4 Å². The van der Waals surface area contributed by atoms with Crippen LogP contribution in [0.2, 0.25) is 0 Å². The molecule has 0 atom stereocenters. The Morgan fingerprint density at radius 1 is 0.133 bits per heavy atom. The van der Waals surface area contributed by atoms with E-state index >= 15 is 0 Å². The van der Waals surface area contributed by atoms with Crippen LogP contribution in [0.1, 0.15) is 0 Å². The molecule has 12 heteroatoms. The highest BCUT2D eigenvalue weighted by Crippen LogP contribution is 2.48. The van der Waals surface area contributed by atoms with Crippen LogP contribution in [-0.4, -0.2) is 59.8 Å². The maximum Gasteiger partial charge on any atom is 0.165 e. The lowest BCUT2D eigenvalue weighted by molar-refractivity contribution is 1.07. The molecule has 12 nitrogen and oxygen atoms in total. The minimum Gasteiger partial charge on any atom is -0.265 e. The average molecular weight is 1540 g/mol. The van der Waals surface area contributed by atoms with Crippen LogP contribution in [0, 0.1) is 0 Å². The van der Waals surface area contributed by atoms with Crippen LogP contribution in [0.15, 0.2) is 425 Å². The van der Waals surface area contributed by atoms with Crippen LogP contribution in [0.5, 0.6) is 0 Å². The molecule has 0 spiro atoms. The van der Waals surface area contributed by atoms with E-state index in [-0.39, 0.29) is 0 Å². The minimum absolute atomic E-state index is 0.640. The van der Waals surface area contributed by atoms with E-state index < -0.39 is 0 Å². The molecule has 0 radical (unpaired) electrons. The first kappa shape index (κ1) is 72.5. The summed E-state index contributed by atoms with van der Waals surface area (Å²) in [6.07, 6.45) is 9.30. The summed E-state index contributed by atoms with van der Waals surface area (Å²) in [6.45, 7) is 0. The van der Waals surface area contributed by atoms with Gasteiger partial charge >= 0.3 is 0 Å². The molecule has 120 heavy (non-hydrogen) atoms. The summed E-state index contributed by atoms with van der Waals surface area (Å²) in [4.78, 5) is 58.3. The molecule has 22 aromatic rings. The Kier molecular flexibility index (Phi) is 19.8. The van der Waals surface area contributed by atoms with Crippen LogP contribution in [-0.2, 0) is 0 Å². The Morgan fingerprint density at radius 3 is 0.692 bits per heavy atom. The molecule has 0 aliphatic rings. The van der Waals surface area contributed by atoms with Gasteiger partial charge in [-0.15, -0.1) is 0 Å². The van der Waals surface area contributed by atoms with Gasteiger partial charge in [-0.2, -0.15) is 0 Å². The van der Waals surface area contributed by atoms with Gasteiger partial charge in [0.25, 0.3) is 0 Å². The minimum atomic E-state index is 0.640. The fraction of sp³-hybridized carbons (Fsp3) is 0. The first-order valence-electron chi connectivity index (χ1n) is 39.8. The lowest BCUT2D eigenvalue weighted by Gasteiger charge is -2.18. The lowest BCUT2D eigenvalue weighted by atomic mass is 9.86. The number of hydrogen-bond donors (Lipinski definition) is 0. The number of fused-ring (bicyclic) bond motifs is 6. The van der Waals surface area contributed by atoms with E-state index in [1.54, 1.807) is 0 Å². The molecule has 0 N–H and O–H groups in total. The van der Waals surface area contributed by atoms with Gasteiger partial charge in [0.15, 0.2) is 52.4 Å². The molecule has 0 saturated carbocycles. The summed E-state index contributed by atoms with van der Waals surface area (Å²) >= 11 is 0. The number of pyridine rings is 3. The van der Waals surface area contributed by atoms with Crippen LogP contribution in [0.4, 0.5) is 0 Å². The summed E-state index contributed by atoms with van der Waals surface area (Å²) in [7, 11) is 0. The number of aromatic nitrogens is 12. The van der Waals surface area contributed by atoms with Gasteiger partial charge < -0.3 is 0 Å². The van der Waals surface area contributed by atoms with E-state index in [4.69, 9.17) is 49.8 Å². The summed E-state index contributed by atoms with van der Waals surface area (Å²) < 4.78 is 0. The number of nitrogens with zero attached hydrogens (tertiary/aromatic N) is 12. The van der Waals surface area contributed by atoms with Crippen LogP contribution >= 0.6 is 0 Å². The van der Waals surface area contributed by atoms with Crippen molar-refractivity contribution in [1.82, 2.24) is 59.8 Å². The summed E-state index contributed by atoms with van der Waals surface area (Å²) in [5.74, 6) is 5.85. The normalized spacial score (nSPS) is 11.2. The molecule has 0 aliphatic heterocycles. The van der Waals surface area contributed by atoms with E-state index in [9.17, 15) is 0 Å². The largest absolute Gasteiger partial charge is 0.265 e. The number of hydrogen-bond acceptors (Lipinski definition) is 12. The first-order valence-corrected chi connectivity index (χ1v) is 39.8. The third-order valence-corrected chi connectivity index (χ3v) is 21.6. The van der Waals surface area contributed by atoms with Crippen LogP contribution in [0.25, 0.3) is 212 Å². The number of benzene rings is 16. The predicted molar refractivity (Wildman–Crippen MR) is 489 cm³/mol. The van der Waals surface area contributed by atoms with Crippen molar-refractivity contribution in [3.63, 3.8) is 0 Å². The van der Waals surface area contributed by atoms with Crippen molar-refractivity contribution in [3.8, 4) is 147 Å². The Balaban J connectivity index is 0.000000115. The van der Waals surface area contributed by atoms with E-state index in [1.807, 2.05) is 231 Å². The zero-order valence-corrected chi connectivity index (χ0v) is 64.8. The third-order valence-electron chi connectivity index (χ3n) is 21.6. The Labute approximate surface area is 692 Å². The zero-order valence-electron chi connectivity index (χ0n) is 64.8. The molecule has 6 heterocycles.